The van der Waals surface area contributed by atoms with Crippen molar-refractivity contribution in [1.29, 1.82) is 0 Å². The number of nitrogens with zero attached hydrogens (tertiary/aromatic N) is 3. The van der Waals surface area contributed by atoms with Crippen molar-refractivity contribution in [3.05, 3.63) is 36.0 Å². The van der Waals surface area contributed by atoms with Crippen molar-refractivity contribution >= 4 is 11.9 Å². The van der Waals surface area contributed by atoms with Gasteiger partial charge in [0.1, 0.15) is 5.69 Å². The number of H-pyrrole nitrogens is 1. The number of aromatic nitrogens is 3. The Bertz CT molecular complexity index is 639. The summed E-state index contributed by atoms with van der Waals surface area (Å²) < 4.78 is 0. The van der Waals surface area contributed by atoms with Crippen LogP contribution in [0.5, 0.6) is 0 Å². The highest BCUT2D eigenvalue weighted by Gasteiger charge is 2.23. The van der Waals surface area contributed by atoms with Crippen molar-refractivity contribution in [3.8, 4) is 11.3 Å². The third-order valence-corrected chi connectivity index (χ3v) is 3.11. The zero-order valence-electron chi connectivity index (χ0n) is 11.8. The number of rotatable bonds is 5. The predicted molar refractivity (Wildman–Crippen MR) is 75.6 cm³/mol. The molecule has 0 spiro atoms. The van der Waals surface area contributed by atoms with E-state index in [1.54, 1.807) is 14.0 Å². The molecule has 0 aliphatic rings. The van der Waals surface area contributed by atoms with Crippen molar-refractivity contribution < 1.29 is 14.7 Å². The third-order valence-electron chi connectivity index (χ3n) is 3.11. The highest BCUT2D eigenvalue weighted by Crippen LogP contribution is 2.20. The van der Waals surface area contributed by atoms with Crippen molar-refractivity contribution in [1.82, 2.24) is 20.3 Å². The summed E-state index contributed by atoms with van der Waals surface area (Å²) in [5, 5.41) is 19.2. The number of nitrogens with one attached hydrogen (secondary N) is 1. The molecular weight excluding hydrogens is 272 g/mol. The second-order valence-corrected chi connectivity index (χ2v) is 4.81. The summed E-state index contributed by atoms with van der Waals surface area (Å²) in [7, 11) is 1.55. The summed E-state index contributed by atoms with van der Waals surface area (Å²) in [6, 6.07) is 9.21. The van der Waals surface area contributed by atoms with Crippen molar-refractivity contribution in [2.24, 2.45) is 5.92 Å². The third kappa shape index (κ3) is 3.25. The van der Waals surface area contributed by atoms with E-state index in [0.29, 0.717) is 5.69 Å². The van der Waals surface area contributed by atoms with E-state index in [4.69, 9.17) is 5.11 Å². The van der Waals surface area contributed by atoms with Crippen LogP contribution >= 0.6 is 0 Å². The monoisotopic (exact) mass is 288 g/mol. The fourth-order valence-corrected chi connectivity index (χ4v) is 1.93. The van der Waals surface area contributed by atoms with Crippen LogP contribution in [0.2, 0.25) is 0 Å². The van der Waals surface area contributed by atoms with Gasteiger partial charge in [0.05, 0.1) is 5.92 Å². The standard InChI is InChI=1S/C14H16N4O3/c1-9(14(20)21)8-18(2)13(19)12-11(15-17-16-12)10-6-4-3-5-7-10/h3-7,9H,8H2,1-2H3,(H,20,21)(H,15,16,17). The molecule has 0 saturated carbocycles. The molecule has 2 rings (SSSR count). The highest BCUT2D eigenvalue weighted by molar-refractivity contribution is 5.97. The SMILES string of the molecule is CC(CN(C)C(=O)c1n[nH]nc1-c1ccccc1)C(=O)O. The van der Waals surface area contributed by atoms with Crippen LogP contribution in [-0.4, -0.2) is 50.9 Å². The van der Waals surface area contributed by atoms with Gasteiger partial charge >= 0.3 is 5.97 Å². The first-order valence-corrected chi connectivity index (χ1v) is 6.45. The summed E-state index contributed by atoms with van der Waals surface area (Å²) in [6.07, 6.45) is 0. The number of carbonyl (C=O) groups excluding carboxylic acids is 1. The van der Waals surface area contributed by atoms with Gasteiger partial charge in [-0.15, -0.1) is 0 Å². The Balaban J connectivity index is 2.21. The Labute approximate surface area is 121 Å². The van der Waals surface area contributed by atoms with Crippen LogP contribution < -0.4 is 0 Å². The molecule has 2 N–H and O–H groups in total. The lowest BCUT2D eigenvalue weighted by molar-refractivity contribution is -0.141. The zero-order chi connectivity index (χ0) is 15.4. The van der Waals surface area contributed by atoms with E-state index in [0.717, 1.165) is 5.56 Å². The topological polar surface area (TPSA) is 99.2 Å². The van der Waals surface area contributed by atoms with E-state index in [9.17, 15) is 9.59 Å². The number of aromatic amines is 1. The van der Waals surface area contributed by atoms with Gasteiger partial charge in [-0.3, -0.25) is 9.59 Å². The predicted octanol–water partition coefficient (Wildman–Crippen LogP) is 1.26. The molecule has 0 aliphatic heterocycles. The van der Waals surface area contributed by atoms with Crippen LogP contribution in [-0.2, 0) is 4.79 Å². The molecule has 1 atom stereocenters. The average molecular weight is 288 g/mol. The Morgan fingerprint density at radius 1 is 1.29 bits per heavy atom. The maximum absolute atomic E-state index is 12.4. The van der Waals surface area contributed by atoms with E-state index in [-0.39, 0.29) is 18.1 Å². The second-order valence-electron chi connectivity index (χ2n) is 4.81. The number of benzene rings is 1. The lowest BCUT2D eigenvalue weighted by atomic mass is 10.1. The molecule has 1 aromatic carbocycles. The summed E-state index contributed by atoms with van der Waals surface area (Å²) in [6.45, 7) is 1.66. The van der Waals surface area contributed by atoms with Gasteiger partial charge in [-0.1, -0.05) is 37.3 Å². The lowest BCUT2D eigenvalue weighted by Gasteiger charge is -2.18. The molecule has 2 aromatic rings. The summed E-state index contributed by atoms with van der Waals surface area (Å²) in [5.41, 5.74) is 1.41. The molecular formula is C14H16N4O3. The summed E-state index contributed by atoms with van der Waals surface area (Å²) >= 11 is 0. The van der Waals surface area contributed by atoms with Gasteiger partial charge in [0, 0.05) is 19.2 Å². The molecule has 0 radical (unpaired) electrons. The molecule has 1 unspecified atom stereocenters. The van der Waals surface area contributed by atoms with Crippen molar-refractivity contribution in [3.63, 3.8) is 0 Å². The first-order valence-electron chi connectivity index (χ1n) is 6.45. The van der Waals surface area contributed by atoms with Gasteiger partial charge in [0.25, 0.3) is 5.91 Å². The molecule has 21 heavy (non-hydrogen) atoms. The van der Waals surface area contributed by atoms with E-state index >= 15 is 0 Å². The lowest BCUT2D eigenvalue weighted by Crippen LogP contribution is -2.34. The molecule has 1 heterocycles. The molecule has 0 aliphatic carbocycles. The summed E-state index contributed by atoms with van der Waals surface area (Å²) in [5.74, 6) is -1.96. The van der Waals surface area contributed by atoms with Gasteiger partial charge in [0.15, 0.2) is 5.69 Å². The Hall–Kier alpha value is -2.70. The normalized spacial score (nSPS) is 11.9. The molecule has 1 aromatic heterocycles. The first-order chi connectivity index (χ1) is 10.0. The smallest absolute Gasteiger partial charge is 0.308 e. The number of hydrogen-bond acceptors (Lipinski definition) is 4. The van der Waals surface area contributed by atoms with E-state index in [1.165, 1.54) is 4.90 Å². The number of carboxylic acid groups (broad SMARTS) is 1. The fourth-order valence-electron chi connectivity index (χ4n) is 1.93. The largest absolute Gasteiger partial charge is 0.481 e. The minimum atomic E-state index is -0.946. The van der Waals surface area contributed by atoms with Crippen LogP contribution in [0, 0.1) is 5.92 Å². The average Bonchev–Trinajstić information content (AvgIpc) is 2.96. The molecule has 0 bridgehead atoms. The van der Waals surface area contributed by atoms with Crippen LogP contribution in [0.4, 0.5) is 0 Å². The second kappa shape index (κ2) is 6.17. The Morgan fingerprint density at radius 3 is 2.57 bits per heavy atom. The van der Waals surface area contributed by atoms with Crippen molar-refractivity contribution in [2.75, 3.05) is 13.6 Å². The first kappa shape index (κ1) is 14.7. The summed E-state index contributed by atoms with van der Waals surface area (Å²) in [4.78, 5) is 24.6. The minimum Gasteiger partial charge on any atom is -0.481 e. The number of carbonyl (C=O) groups is 2. The minimum absolute atomic E-state index is 0.106. The van der Waals surface area contributed by atoms with Crippen LogP contribution in [0.15, 0.2) is 30.3 Å². The van der Waals surface area contributed by atoms with E-state index < -0.39 is 11.9 Å². The molecule has 0 fully saturated rings. The Kier molecular flexibility index (Phi) is 4.32. The van der Waals surface area contributed by atoms with Gasteiger partial charge in [-0.2, -0.15) is 15.4 Å². The van der Waals surface area contributed by atoms with Gasteiger partial charge < -0.3 is 10.0 Å². The zero-order valence-corrected chi connectivity index (χ0v) is 11.8. The maximum Gasteiger partial charge on any atom is 0.308 e. The number of aliphatic carboxylic acids is 1. The van der Waals surface area contributed by atoms with Gasteiger partial charge in [-0.05, 0) is 0 Å². The van der Waals surface area contributed by atoms with Crippen LogP contribution in [0.3, 0.4) is 0 Å². The quantitative estimate of drug-likeness (QED) is 0.863. The van der Waals surface area contributed by atoms with Crippen LogP contribution in [0.1, 0.15) is 17.4 Å². The van der Waals surface area contributed by atoms with Crippen molar-refractivity contribution in [2.45, 2.75) is 6.92 Å². The van der Waals surface area contributed by atoms with E-state index in [1.807, 2.05) is 30.3 Å². The number of amides is 1. The van der Waals surface area contributed by atoms with Crippen LogP contribution in [0.25, 0.3) is 11.3 Å². The molecule has 1 amide bonds. The van der Waals surface area contributed by atoms with E-state index in [2.05, 4.69) is 15.4 Å². The highest BCUT2D eigenvalue weighted by atomic mass is 16.4. The van der Waals surface area contributed by atoms with Gasteiger partial charge in [0.2, 0.25) is 0 Å². The maximum atomic E-state index is 12.4. The molecule has 7 heteroatoms. The number of hydrogen-bond donors (Lipinski definition) is 2. The number of carboxylic acids is 1. The molecule has 0 saturated heterocycles. The molecule has 7 nitrogen and oxygen atoms in total. The fraction of sp³-hybridized carbons (Fsp3) is 0.286. The van der Waals surface area contributed by atoms with Gasteiger partial charge in [-0.25, -0.2) is 0 Å². The Morgan fingerprint density at radius 2 is 1.95 bits per heavy atom. The molecule has 110 valence electrons.